The molecule has 1 fully saturated rings. The summed E-state index contributed by atoms with van der Waals surface area (Å²) in [6.45, 7) is 2.64. The van der Waals surface area contributed by atoms with Gasteiger partial charge in [-0.25, -0.2) is 0 Å². The second-order valence-corrected chi connectivity index (χ2v) is 6.40. The molecule has 1 heterocycles. The molecular weight excluding hydrogens is 324 g/mol. The van der Waals surface area contributed by atoms with Crippen molar-refractivity contribution in [1.29, 1.82) is 0 Å². The van der Waals surface area contributed by atoms with Gasteiger partial charge in [0.25, 0.3) is 5.91 Å². The topological polar surface area (TPSA) is 49.4 Å². The zero-order chi connectivity index (χ0) is 17.1. The molecule has 0 atom stereocenters. The predicted molar refractivity (Wildman–Crippen MR) is 96.8 cm³/mol. The summed E-state index contributed by atoms with van der Waals surface area (Å²) in [6.07, 6.45) is 2.57. The maximum Gasteiger partial charge on any atom is 0.255 e. The van der Waals surface area contributed by atoms with E-state index in [9.17, 15) is 9.59 Å². The van der Waals surface area contributed by atoms with E-state index in [2.05, 4.69) is 5.32 Å². The number of rotatable bonds is 3. The van der Waals surface area contributed by atoms with E-state index in [1.807, 2.05) is 25.1 Å². The number of anilines is 2. The fourth-order valence-corrected chi connectivity index (χ4v) is 3.06. The van der Waals surface area contributed by atoms with Crippen molar-refractivity contribution in [2.75, 3.05) is 16.8 Å². The number of aryl methyl sites for hydroxylation is 1. The predicted octanol–water partition coefficient (Wildman–Crippen LogP) is 4.42. The Kier molecular flexibility index (Phi) is 4.86. The highest BCUT2D eigenvalue weighted by molar-refractivity contribution is 6.30. The number of piperidine rings is 1. The molecular formula is C19H19ClN2O2. The van der Waals surface area contributed by atoms with E-state index in [1.54, 1.807) is 29.2 Å². The molecule has 0 aliphatic carbocycles. The number of benzene rings is 2. The van der Waals surface area contributed by atoms with Gasteiger partial charge in [0.05, 0.1) is 0 Å². The van der Waals surface area contributed by atoms with Crippen LogP contribution in [0.3, 0.4) is 0 Å². The van der Waals surface area contributed by atoms with E-state index >= 15 is 0 Å². The summed E-state index contributed by atoms with van der Waals surface area (Å²) >= 11 is 5.93. The van der Waals surface area contributed by atoms with E-state index in [0.717, 1.165) is 36.3 Å². The summed E-state index contributed by atoms with van der Waals surface area (Å²) in [6, 6.07) is 12.5. The first-order valence-electron chi connectivity index (χ1n) is 8.02. The average Bonchev–Trinajstić information content (AvgIpc) is 2.58. The fourth-order valence-electron chi connectivity index (χ4n) is 2.83. The molecule has 1 aliphatic heterocycles. The summed E-state index contributed by atoms with van der Waals surface area (Å²) in [7, 11) is 0. The quantitative estimate of drug-likeness (QED) is 0.897. The van der Waals surface area contributed by atoms with Crippen LogP contribution in [0.4, 0.5) is 11.4 Å². The number of carbonyl (C=O) groups excluding carboxylic acids is 2. The van der Waals surface area contributed by atoms with Crippen molar-refractivity contribution in [2.24, 2.45) is 0 Å². The normalized spacial score (nSPS) is 14.6. The maximum atomic E-state index is 12.4. The smallest absolute Gasteiger partial charge is 0.255 e. The summed E-state index contributed by atoms with van der Waals surface area (Å²) < 4.78 is 0. The molecule has 3 rings (SSSR count). The van der Waals surface area contributed by atoms with Crippen LogP contribution < -0.4 is 10.2 Å². The van der Waals surface area contributed by atoms with E-state index in [1.165, 1.54) is 0 Å². The van der Waals surface area contributed by atoms with Gasteiger partial charge in [-0.2, -0.15) is 0 Å². The second kappa shape index (κ2) is 7.05. The van der Waals surface area contributed by atoms with Gasteiger partial charge in [-0.15, -0.1) is 0 Å². The first kappa shape index (κ1) is 16.5. The molecule has 5 heteroatoms. The van der Waals surface area contributed by atoms with Crippen LogP contribution in [0.5, 0.6) is 0 Å². The first-order chi connectivity index (χ1) is 11.5. The summed E-state index contributed by atoms with van der Waals surface area (Å²) in [5.41, 5.74) is 3.04. The number of nitrogens with zero attached hydrogens (tertiary/aromatic N) is 1. The molecule has 0 radical (unpaired) electrons. The minimum Gasteiger partial charge on any atom is -0.322 e. The van der Waals surface area contributed by atoms with Crippen LogP contribution in [0.1, 0.15) is 35.2 Å². The molecule has 0 saturated carbocycles. The number of amides is 2. The van der Waals surface area contributed by atoms with Crippen LogP contribution in [0, 0.1) is 6.92 Å². The van der Waals surface area contributed by atoms with Crippen molar-refractivity contribution in [2.45, 2.75) is 26.2 Å². The van der Waals surface area contributed by atoms with Crippen LogP contribution in [0.15, 0.2) is 42.5 Å². The molecule has 1 saturated heterocycles. The Morgan fingerprint density at radius 2 is 1.88 bits per heavy atom. The monoisotopic (exact) mass is 342 g/mol. The Morgan fingerprint density at radius 1 is 1.12 bits per heavy atom. The second-order valence-electron chi connectivity index (χ2n) is 5.96. The van der Waals surface area contributed by atoms with E-state index < -0.39 is 0 Å². The first-order valence-corrected chi connectivity index (χ1v) is 8.40. The molecule has 0 spiro atoms. The number of halogens is 1. The average molecular weight is 343 g/mol. The standard InChI is InChI=1S/C19H19ClN2O2/c1-13-12-15(20)7-10-17(13)21-19(24)14-5-8-16(9-6-14)22-11-3-2-4-18(22)23/h5-10,12H,2-4,11H2,1H3,(H,21,24). The molecule has 0 unspecified atom stereocenters. The summed E-state index contributed by atoms with van der Waals surface area (Å²) in [5, 5.41) is 3.52. The third-order valence-corrected chi connectivity index (χ3v) is 4.44. The number of hydrogen-bond donors (Lipinski definition) is 1. The van der Waals surface area contributed by atoms with Crippen molar-refractivity contribution < 1.29 is 9.59 Å². The maximum absolute atomic E-state index is 12.4. The summed E-state index contributed by atoms with van der Waals surface area (Å²) in [5.74, 6) is -0.0350. The van der Waals surface area contributed by atoms with Gasteiger partial charge in [-0.1, -0.05) is 11.6 Å². The van der Waals surface area contributed by atoms with Crippen molar-refractivity contribution in [3.8, 4) is 0 Å². The van der Waals surface area contributed by atoms with Gasteiger partial charge in [0, 0.05) is 34.9 Å². The Balaban J connectivity index is 1.73. The molecule has 0 bridgehead atoms. The third-order valence-electron chi connectivity index (χ3n) is 4.20. The molecule has 124 valence electrons. The molecule has 2 aromatic rings. The van der Waals surface area contributed by atoms with Gasteiger partial charge in [0.2, 0.25) is 5.91 Å². The van der Waals surface area contributed by atoms with Crippen LogP contribution in [-0.4, -0.2) is 18.4 Å². The lowest BCUT2D eigenvalue weighted by molar-refractivity contribution is -0.119. The minimum absolute atomic E-state index is 0.148. The molecule has 1 aliphatic rings. The van der Waals surface area contributed by atoms with Gasteiger partial charge < -0.3 is 10.2 Å². The van der Waals surface area contributed by atoms with Crippen LogP contribution in [0.25, 0.3) is 0 Å². The molecule has 1 N–H and O–H groups in total. The molecule has 2 aromatic carbocycles. The lowest BCUT2D eigenvalue weighted by Crippen LogP contribution is -2.35. The molecule has 24 heavy (non-hydrogen) atoms. The highest BCUT2D eigenvalue weighted by Crippen LogP contribution is 2.23. The van der Waals surface area contributed by atoms with Crippen molar-refractivity contribution in [3.05, 3.63) is 58.6 Å². The van der Waals surface area contributed by atoms with E-state index in [4.69, 9.17) is 11.6 Å². The Bertz CT molecular complexity index is 771. The SMILES string of the molecule is Cc1cc(Cl)ccc1NC(=O)c1ccc(N2CCCCC2=O)cc1. The van der Waals surface area contributed by atoms with Gasteiger partial charge in [0.1, 0.15) is 0 Å². The van der Waals surface area contributed by atoms with Crippen LogP contribution >= 0.6 is 11.6 Å². The molecule has 2 amide bonds. The van der Waals surface area contributed by atoms with Crippen molar-refractivity contribution >= 4 is 34.8 Å². The molecule has 0 aromatic heterocycles. The Labute approximate surface area is 146 Å². The van der Waals surface area contributed by atoms with Crippen molar-refractivity contribution in [1.82, 2.24) is 0 Å². The molecule has 4 nitrogen and oxygen atoms in total. The number of hydrogen-bond acceptors (Lipinski definition) is 2. The fraction of sp³-hybridized carbons (Fsp3) is 0.263. The number of nitrogens with one attached hydrogen (secondary N) is 1. The zero-order valence-corrected chi connectivity index (χ0v) is 14.3. The highest BCUT2D eigenvalue weighted by atomic mass is 35.5. The van der Waals surface area contributed by atoms with Gasteiger partial charge in [0.15, 0.2) is 0 Å². The van der Waals surface area contributed by atoms with E-state index in [0.29, 0.717) is 17.0 Å². The highest BCUT2D eigenvalue weighted by Gasteiger charge is 2.19. The van der Waals surface area contributed by atoms with E-state index in [-0.39, 0.29) is 11.8 Å². The largest absolute Gasteiger partial charge is 0.322 e. The lowest BCUT2D eigenvalue weighted by Gasteiger charge is -2.26. The lowest BCUT2D eigenvalue weighted by atomic mass is 10.1. The Morgan fingerprint density at radius 3 is 2.54 bits per heavy atom. The van der Waals surface area contributed by atoms with Crippen LogP contribution in [-0.2, 0) is 4.79 Å². The van der Waals surface area contributed by atoms with Gasteiger partial charge in [-0.3, -0.25) is 9.59 Å². The summed E-state index contributed by atoms with van der Waals surface area (Å²) in [4.78, 5) is 26.1. The third kappa shape index (κ3) is 3.60. The zero-order valence-electron chi connectivity index (χ0n) is 13.5. The Hall–Kier alpha value is -2.33. The minimum atomic E-state index is -0.183. The van der Waals surface area contributed by atoms with Gasteiger partial charge >= 0.3 is 0 Å². The van der Waals surface area contributed by atoms with Crippen LogP contribution in [0.2, 0.25) is 5.02 Å². The van der Waals surface area contributed by atoms with Crippen molar-refractivity contribution in [3.63, 3.8) is 0 Å². The number of carbonyl (C=O) groups is 2. The van der Waals surface area contributed by atoms with Gasteiger partial charge in [-0.05, 0) is 67.8 Å².